The summed E-state index contributed by atoms with van der Waals surface area (Å²) in [5, 5.41) is 10.2. The predicted molar refractivity (Wildman–Crippen MR) is 97.6 cm³/mol. The number of pyridine rings is 1. The number of rotatable bonds is 4. The first kappa shape index (κ1) is 17.0. The summed E-state index contributed by atoms with van der Waals surface area (Å²) in [6.45, 7) is 5.65. The van der Waals surface area contributed by atoms with Crippen LogP contribution in [0.5, 0.6) is 0 Å². The van der Waals surface area contributed by atoms with Crippen LogP contribution in [0, 0.1) is 20.8 Å². The fourth-order valence-electron chi connectivity index (χ4n) is 2.47. The molecule has 0 saturated carbocycles. The molecule has 3 rings (SSSR count). The minimum atomic E-state index is -0.290. The monoisotopic (exact) mass is 356 g/mol. The molecule has 3 aromatic rings. The third-order valence-electron chi connectivity index (χ3n) is 3.57. The third-order valence-corrected chi connectivity index (χ3v) is 3.87. The summed E-state index contributed by atoms with van der Waals surface area (Å²) in [5.74, 6) is 0.949. The Balaban J connectivity index is 1.80. The number of benzene rings is 1. The Morgan fingerprint density at radius 1 is 1.12 bits per heavy atom. The lowest BCUT2D eigenvalue weighted by Gasteiger charge is -2.12. The van der Waals surface area contributed by atoms with Crippen LogP contribution in [0.15, 0.2) is 41.2 Å². The van der Waals surface area contributed by atoms with E-state index in [9.17, 15) is 4.79 Å². The van der Waals surface area contributed by atoms with Crippen LogP contribution in [0.25, 0.3) is 0 Å². The van der Waals surface area contributed by atoms with Gasteiger partial charge in [0.15, 0.2) is 5.82 Å². The van der Waals surface area contributed by atoms with Gasteiger partial charge in [0, 0.05) is 12.3 Å². The molecule has 0 aliphatic rings. The number of amides is 1. The van der Waals surface area contributed by atoms with Crippen molar-refractivity contribution in [3.8, 4) is 0 Å². The molecule has 0 saturated heterocycles. The zero-order valence-corrected chi connectivity index (χ0v) is 14.8. The summed E-state index contributed by atoms with van der Waals surface area (Å²) in [6.07, 6.45) is 3.09. The molecule has 128 valence electrons. The second-order valence-corrected chi connectivity index (χ2v) is 6.21. The molecule has 0 fully saturated rings. The summed E-state index contributed by atoms with van der Waals surface area (Å²) < 4.78 is 5.00. The zero-order chi connectivity index (χ0) is 18.0. The number of aryl methyl sites for hydroxylation is 3. The molecule has 7 heteroatoms. The van der Waals surface area contributed by atoms with Crippen LogP contribution in [0.3, 0.4) is 0 Å². The van der Waals surface area contributed by atoms with E-state index in [2.05, 4.69) is 20.8 Å². The average molecular weight is 357 g/mol. The molecule has 2 heterocycles. The van der Waals surface area contributed by atoms with Crippen molar-refractivity contribution in [2.45, 2.75) is 20.8 Å². The SMILES string of the molecule is Cc1cc(C)c(NC(=O)c2cncc(Nc3cc(C)on3)c2)c(Cl)c1. The lowest BCUT2D eigenvalue weighted by molar-refractivity contribution is 0.102. The Morgan fingerprint density at radius 3 is 2.60 bits per heavy atom. The molecule has 2 N–H and O–H groups in total. The van der Waals surface area contributed by atoms with Crippen molar-refractivity contribution in [1.82, 2.24) is 10.1 Å². The molecular formula is C18H17ClN4O2. The fourth-order valence-corrected chi connectivity index (χ4v) is 2.83. The summed E-state index contributed by atoms with van der Waals surface area (Å²) in [4.78, 5) is 16.6. The number of anilines is 3. The van der Waals surface area contributed by atoms with E-state index in [0.717, 1.165) is 11.1 Å². The zero-order valence-electron chi connectivity index (χ0n) is 14.1. The summed E-state index contributed by atoms with van der Waals surface area (Å²) >= 11 is 6.25. The number of carbonyl (C=O) groups excluding carboxylic acids is 1. The van der Waals surface area contributed by atoms with Gasteiger partial charge in [0.1, 0.15) is 5.76 Å². The minimum Gasteiger partial charge on any atom is -0.360 e. The van der Waals surface area contributed by atoms with Gasteiger partial charge in [-0.2, -0.15) is 0 Å². The van der Waals surface area contributed by atoms with Crippen LogP contribution in [0.2, 0.25) is 5.02 Å². The van der Waals surface area contributed by atoms with Crippen molar-refractivity contribution in [3.05, 3.63) is 64.1 Å². The van der Waals surface area contributed by atoms with Gasteiger partial charge < -0.3 is 15.2 Å². The van der Waals surface area contributed by atoms with E-state index in [-0.39, 0.29) is 5.91 Å². The van der Waals surface area contributed by atoms with Gasteiger partial charge in [-0.1, -0.05) is 22.8 Å². The minimum absolute atomic E-state index is 0.290. The van der Waals surface area contributed by atoms with Crippen molar-refractivity contribution in [3.63, 3.8) is 0 Å². The van der Waals surface area contributed by atoms with E-state index >= 15 is 0 Å². The van der Waals surface area contributed by atoms with E-state index < -0.39 is 0 Å². The van der Waals surface area contributed by atoms with Gasteiger partial charge in [-0.05, 0) is 44.0 Å². The highest BCUT2D eigenvalue weighted by atomic mass is 35.5. The third kappa shape index (κ3) is 3.97. The molecule has 0 radical (unpaired) electrons. The van der Waals surface area contributed by atoms with Gasteiger partial charge in [-0.25, -0.2) is 0 Å². The maximum Gasteiger partial charge on any atom is 0.257 e. The molecule has 0 unspecified atom stereocenters. The highest BCUT2D eigenvalue weighted by Gasteiger charge is 2.12. The van der Waals surface area contributed by atoms with E-state index in [1.165, 1.54) is 6.20 Å². The fraction of sp³-hybridized carbons (Fsp3) is 0.167. The van der Waals surface area contributed by atoms with Crippen LogP contribution in [-0.2, 0) is 0 Å². The van der Waals surface area contributed by atoms with Crippen LogP contribution in [-0.4, -0.2) is 16.0 Å². The Morgan fingerprint density at radius 2 is 1.92 bits per heavy atom. The lowest BCUT2D eigenvalue weighted by Crippen LogP contribution is -2.14. The quantitative estimate of drug-likeness (QED) is 0.711. The van der Waals surface area contributed by atoms with Gasteiger partial charge in [-0.15, -0.1) is 0 Å². The number of hydrogen-bond donors (Lipinski definition) is 2. The topological polar surface area (TPSA) is 80.0 Å². The van der Waals surface area contributed by atoms with Crippen molar-refractivity contribution in [2.24, 2.45) is 0 Å². The van der Waals surface area contributed by atoms with Gasteiger partial charge in [-0.3, -0.25) is 9.78 Å². The van der Waals surface area contributed by atoms with E-state index in [0.29, 0.717) is 33.5 Å². The first-order valence-electron chi connectivity index (χ1n) is 7.66. The van der Waals surface area contributed by atoms with E-state index in [4.69, 9.17) is 16.1 Å². The van der Waals surface area contributed by atoms with Crippen molar-refractivity contribution >= 4 is 34.7 Å². The molecule has 6 nitrogen and oxygen atoms in total. The number of halogens is 1. The first-order valence-corrected chi connectivity index (χ1v) is 8.03. The molecule has 0 spiro atoms. The number of carbonyl (C=O) groups is 1. The summed E-state index contributed by atoms with van der Waals surface area (Å²) in [7, 11) is 0. The highest BCUT2D eigenvalue weighted by Crippen LogP contribution is 2.28. The Labute approximate surface area is 150 Å². The standard InChI is InChI=1S/C18H17ClN4O2/c1-10-4-11(2)17(15(19)5-10)22-18(24)13-7-14(9-20-8-13)21-16-6-12(3)25-23-16/h4-9H,1-3H3,(H,21,23)(H,22,24). The summed E-state index contributed by atoms with van der Waals surface area (Å²) in [6, 6.07) is 7.21. The Bertz CT molecular complexity index is 913. The maximum atomic E-state index is 12.5. The molecule has 0 atom stereocenters. The van der Waals surface area contributed by atoms with Gasteiger partial charge in [0.2, 0.25) is 0 Å². The molecule has 1 amide bonds. The van der Waals surface area contributed by atoms with Crippen molar-refractivity contribution in [1.29, 1.82) is 0 Å². The number of aromatic nitrogens is 2. The summed E-state index contributed by atoms with van der Waals surface area (Å²) in [5.41, 5.74) is 3.58. The van der Waals surface area contributed by atoms with Crippen LogP contribution < -0.4 is 10.6 Å². The van der Waals surface area contributed by atoms with Crippen LogP contribution in [0.1, 0.15) is 27.2 Å². The van der Waals surface area contributed by atoms with Crippen molar-refractivity contribution < 1.29 is 9.32 Å². The molecule has 0 bridgehead atoms. The first-order chi connectivity index (χ1) is 11.9. The van der Waals surface area contributed by atoms with E-state index in [1.54, 1.807) is 25.3 Å². The van der Waals surface area contributed by atoms with Gasteiger partial charge in [0.25, 0.3) is 5.91 Å². The largest absolute Gasteiger partial charge is 0.360 e. The Kier molecular flexibility index (Phi) is 4.72. The molecule has 2 aromatic heterocycles. The maximum absolute atomic E-state index is 12.5. The molecular weight excluding hydrogens is 340 g/mol. The lowest BCUT2D eigenvalue weighted by atomic mass is 10.1. The highest BCUT2D eigenvalue weighted by molar-refractivity contribution is 6.34. The second-order valence-electron chi connectivity index (χ2n) is 5.80. The van der Waals surface area contributed by atoms with E-state index in [1.807, 2.05) is 26.0 Å². The number of hydrogen-bond acceptors (Lipinski definition) is 5. The Hall–Kier alpha value is -2.86. The average Bonchev–Trinajstić information content (AvgIpc) is 2.96. The van der Waals surface area contributed by atoms with Crippen LogP contribution >= 0.6 is 11.6 Å². The normalized spacial score (nSPS) is 10.6. The smallest absolute Gasteiger partial charge is 0.257 e. The van der Waals surface area contributed by atoms with Gasteiger partial charge in [0.05, 0.1) is 28.2 Å². The second kappa shape index (κ2) is 6.94. The predicted octanol–water partition coefficient (Wildman–Crippen LogP) is 4.64. The van der Waals surface area contributed by atoms with Gasteiger partial charge >= 0.3 is 0 Å². The molecule has 0 aliphatic carbocycles. The molecule has 25 heavy (non-hydrogen) atoms. The molecule has 0 aliphatic heterocycles. The number of nitrogens with one attached hydrogen (secondary N) is 2. The van der Waals surface area contributed by atoms with Crippen LogP contribution in [0.4, 0.5) is 17.2 Å². The number of nitrogens with zero attached hydrogens (tertiary/aromatic N) is 2. The van der Waals surface area contributed by atoms with Crippen molar-refractivity contribution in [2.75, 3.05) is 10.6 Å². The molecule has 1 aromatic carbocycles.